The van der Waals surface area contributed by atoms with E-state index in [1.165, 1.54) is 0 Å². The average molecular weight is 354 g/mol. The van der Waals surface area contributed by atoms with E-state index in [0.717, 1.165) is 0 Å². The van der Waals surface area contributed by atoms with Crippen molar-refractivity contribution in [3.05, 3.63) is 29.1 Å². The molecule has 0 saturated heterocycles. The lowest BCUT2D eigenvalue weighted by atomic mass is 10.3. The molecule has 1 aromatic rings. The van der Waals surface area contributed by atoms with E-state index in [9.17, 15) is 22.0 Å². The van der Waals surface area contributed by atoms with Gasteiger partial charge in [0.15, 0.2) is 29.1 Å². The van der Waals surface area contributed by atoms with Crippen LogP contribution in [0.4, 0.5) is 22.0 Å². The van der Waals surface area contributed by atoms with Gasteiger partial charge in [-0.1, -0.05) is 0 Å². The van der Waals surface area contributed by atoms with Gasteiger partial charge < -0.3 is 0 Å². The van der Waals surface area contributed by atoms with Gasteiger partial charge in [-0.25, -0.2) is 22.0 Å². The Labute approximate surface area is 93.8 Å². The van der Waals surface area contributed by atoms with Gasteiger partial charge in [0.1, 0.15) is 0 Å². The smallest absolute Gasteiger partial charge is 0.205 e. The van der Waals surface area contributed by atoms with E-state index in [1.54, 1.807) is 0 Å². The third-order valence-corrected chi connectivity index (χ3v) is 5.15. The summed E-state index contributed by atoms with van der Waals surface area (Å²) in [6.45, 7) is 0. The summed E-state index contributed by atoms with van der Waals surface area (Å²) in [6.07, 6.45) is 0. The Balaban J connectivity index is 3.60. The summed E-state index contributed by atoms with van der Waals surface area (Å²) in [5.74, 6) is -9.55. The van der Waals surface area contributed by atoms with Crippen molar-refractivity contribution < 1.29 is 22.0 Å². The highest BCUT2D eigenvalue weighted by atomic mass is 79.9. The molecule has 0 unspecified atom stereocenters. The summed E-state index contributed by atoms with van der Waals surface area (Å²) in [4.78, 5) is 0. The van der Waals surface area contributed by atoms with E-state index in [1.807, 2.05) is 0 Å². The Hall–Kier alpha value is 0.362. The topological polar surface area (TPSA) is 0 Å². The number of halogens is 7. The second-order valence-electron chi connectivity index (χ2n) is 2.28. The molecule has 76 valence electrons. The Morgan fingerprint density at radius 1 is 0.643 bits per heavy atom. The Morgan fingerprint density at radius 2 is 0.929 bits per heavy atom. The minimum absolute atomic E-state index is 0.804. The van der Waals surface area contributed by atoms with Crippen LogP contribution in [0, 0.1) is 29.1 Å². The first-order valence-corrected chi connectivity index (χ1v) is 10.1. The standard InChI is InChI=1S/C6F5.Al.2BrH/c7-2-1-3(8)5(10)6(11)4(2)9;;;/h;;2*1H/q;+2;;/p-2. The molecular formula is C6AlBr2F5. The summed E-state index contributed by atoms with van der Waals surface area (Å²) in [5.41, 5.74) is 0. The fourth-order valence-corrected chi connectivity index (χ4v) is 3.86. The SMILES string of the molecule is Fc1c(F)c(F)[c]([Al]([Br])[Br])c(F)c1F. The van der Waals surface area contributed by atoms with E-state index in [0.29, 0.717) is 0 Å². The highest BCUT2D eigenvalue weighted by Gasteiger charge is 2.31. The van der Waals surface area contributed by atoms with E-state index >= 15 is 0 Å². The van der Waals surface area contributed by atoms with Crippen LogP contribution in [0.15, 0.2) is 0 Å². The van der Waals surface area contributed by atoms with Crippen molar-refractivity contribution in [2.24, 2.45) is 0 Å². The number of benzene rings is 1. The molecule has 0 heterocycles. The lowest BCUT2D eigenvalue weighted by molar-refractivity contribution is 0.384. The molecule has 0 fully saturated rings. The maximum Gasteiger partial charge on any atom is 0.498 e. The van der Waals surface area contributed by atoms with Crippen LogP contribution < -0.4 is 4.43 Å². The van der Waals surface area contributed by atoms with Crippen molar-refractivity contribution in [1.29, 1.82) is 0 Å². The van der Waals surface area contributed by atoms with Crippen molar-refractivity contribution in [1.82, 2.24) is 0 Å². The molecule has 0 aliphatic heterocycles. The molecule has 0 radical (unpaired) electrons. The normalized spacial score (nSPS) is 10.5. The second kappa shape index (κ2) is 4.48. The number of hydrogen-bond acceptors (Lipinski definition) is 0. The van der Waals surface area contributed by atoms with Crippen LogP contribution in [0.25, 0.3) is 0 Å². The highest BCUT2D eigenvalue weighted by Crippen LogP contribution is 2.19. The van der Waals surface area contributed by atoms with Crippen molar-refractivity contribution in [3.63, 3.8) is 0 Å². The van der Waals surface area contributed by atoms with Gasteiger partial charge in [-0.3, -0.25) is 0 Å². The quantitative estimate of drug-likeness (QED) is 0.315. The van der Waals surface area contributed by atoms with E-state index in [-0.39, 0.29) is 0 Å². The van der Waals surface area contributed by atoms with Crippen LogP contribution in [-0.2, 0) is 0 Å². The fraction of sp³-hybridized carbons (Fsp3) is 0. The molecule has 0 aromatic heterocycles. The van der Waals surface area contributed by atoms with E-state index in [2.05, 4.69) is 28.1 Å². The predicted molar refractivity (Wildman–Crippen MR) is 49.5 cm³/mol. The maximum atomic E-state index is 12.9. The van der Waals surface area contributed by atoms with Gasteiger partial charge in [0.05, 0.1) is 0 Å². The highest BCUT2D eigenvalue weighted by molar-refractivity contribution is 9.49. The summed E-state index contributed by atoms with van der Waals surface area (Å²) < 4.78 is 62.7. The average Bonchev–Trinajstić information content (AvgIpc) is 2.11. The zero-order valence-electron chi connectivity index (χ0n) is 6.22. The lowest BCUT2D eigenvalue weighted by Gasteiger charge is -2.06. The molecule has 0 amide bonds. The third-order valence-electron chi connectivity index (χ3n) is 1.46. The second-order valence-corrected chi connectivity index (χ2v) is 12.6. The van der Waals surface area contributed by atoms with Gasteiger partial charge in [-0.15, -0.1) is 0 Å². The predicted octanol–water partition coefficient (Wildman–Crippen LogP) is 2.87. The van der Waals surface area contributed by atoms with Crippen molar-refractivity contribution in [2.75, 3.05) is 0 Å². The first-order chi connectivity index (χ1) is 6.37. The van der Waals surface area contributed by atoms with Gasteiger partial charge in [-0.05, 0) is 4.43 Å². The monoisotopic (exact) mass is 352 g/mol. The van der Waals surface area contributed by atoms with Crippen LogP contribution in [0.3, 0.4) is 0 Å². The molecule has 0 spiro atoms. The zero-order valence-corrected chi connectivity index (χ0v) is 10.5. The lowest BCUT2D eigenvalue weighted by Crippen LogP contribution is -2.29. The molecule has 0 nitrogen and oxygen atoms in total. The fourth-order valence-electron chi connectivity index (χ4n) is 0.813. The minimum Gasteiger partial charge on any atom is -0.205 e. The Morgan fingerprint density at radius 3 is 1.21 bits per heavy atom. The Bertz CT molecular complexity index is 352. The number of hydrogen-bond donors (Lipinski definition) is 0. The molecule has 8 heteroatoms. The minimum atomic E-state index is -2.46. The summed E-state index contributed by atoms with van der Waals surface area (Å²) in [5, 5.41) is 0. The van der Waals surface area contributed by atoms with Gasteiger partial charge >= 0.3 is 10.5 Å². The van der Waals surface area contributed by atoms with Crippen LogP contribution in [0.5, 0.6) is 0 Å². The number of rotatable bonds is 1. The molecule has 0 bridgehead atoms. The molecule has 1 aromatic carbocycles. The van der Waals surface area contributed by atoms with Crippen molar-refractivity contribution in [2.45, 2.75) is 0 Å². The third kappa shape index (κ3) is 1.98. The van der Waals surface area contributed by atoms with Crippen molar-refractivity contribution >= 4 is 43.0 Å². The van der Waals surface area contributed by atoms with E-state index in [4.69, 9.17) is 0 Å². The molecule has 0 aliphatic rings. The summed E-state index contributed by atoms with van der Waals surface area (Å²) in [7, 11) is -2.46. The van der Waals surface area contributed by atoms with Gasteiger partial charge in [0.2, 0.25) is 0 Å². The molecule has 1 rings (SSSR count). The van der Waals surface area contributed by atoms with Gasteiger partial charge in [0, 0.05) is 0 Å². The first kappa shape index (κ1) is 12.4. The summed E-state index contributed by atoms with van der Waals surface area (Å²) >= 11 is 5.59. The zero-order chi connectivity index (χ0) is 11.0. The van der Waals surface area contributed by atoms with E-state index < -0.39 is 44.0 Å². The summed E-state index contributed by atoms with van der Waals surface area (Å²) in [6, 6.07) is 0. The molecule has 0 saturated carbocycles. The van der Waals surface area contributed by atoms with Crippen LogP contribution in [0.1, 0.15) is 0 Å². The molecule has 14 heavy (non-hydrogen) atoms. The van der Waals surface area contributed by atoms with Gasteiger partial charge in [0.25, 0.3) is 0 Å². The van der Waals surface area contributed by atoms with Crippen molar-refractivity contribution in [3.8, 4) is 0 Å². The molecular weight excluding hydrogens is 354 g/mol. The Kier molecular flexibility index (Phi) is 3.97. The van der Waals surface area contributed by atoms with Crippen LogP contribution >= 0.6 is 28.1 Å². The first-order valence-electron chi connectivity index (χ1n) is 3.17. The largest absolute Gasteiger partial charge is 0.498 e. The molecule has 0 N–H and O–H groups in total. The molecule has 0 atom stereocenters. The van der Waals surface area contributed by atoms with Crippen LogP contribution in [0.2, 0.25) is 0 Å². The maximum absolute atomic E-state index is 12.9. The van der Waals surface area contributed by atoms with Gasteiger partial charge in [-0.2, -0.15) is 28.1 Å². The molecule has 0 aliphatic carbocycles. The van der Waals surface area contributed by atoms with Crippen LogP contribution in [-0.4, -0.2) is 10.5 Å².